The maximum Gasteiger partial charge on any atom is 0.289 e. The van der Waals surface area contributed by atoms with E-state index in [2.05, 4.69) is 10.3 Å². The van der Waals surface area contributed by atoms with Crippen molar-refractivity contribution in [1.29, 1.82) is 5.26 Å². The molecule has 1 saturated carbocycles. The molecule has 2 rings (SSSR count). The minimum atomic E-state index is -0.556. The smallest absolute Gasteiger partial charge is 0.289 e. The Bertz CT molecular complexity index is 549. The Kier molecular flexibility index (Phi) is 5.06. The quantitative estimate of drug-likeness (QED) is 0.633. The molecule has 1 unspecified atom stereocenters. The lowest BCUT2D eigenvalue weighted by Crippen LogP contribution is -2.37. The predicted molar refractivity (Wildman–Crippen MR) is 78.6 cm³/mol. The Morgan fingerprint density at radius 1 is 1.52 bits per heavy atom. The average Bonchev–Trinajstić information content (AvgIpc) is 2.53. The molecule has 112 valence electrons. The lowest BCUT2D eigenvalue weighted by molar-refractivity contribution is -0.385. The fourth-order valence-corrected chi connectivity index (χ4v) is 2.84. The van der Waals surface area contributed by atoms with Crippen LogP contribution in [0, 0.1) is 27.4 Å². The maximum atomic E-state index is 10.7. The van der Waals surface area contributed by atoms with Gasteiger partial charge >= 0.3 is 0 Å². The molecule has 0 aliphatic heterocycles. The highest BCUT2D eigenvalue weighted by atomic mass is 16.6. The van der Waals surface area contributed by atoms with E-state index in [-0.39, 0.29) is 17.3 Å². The van der Waals surface area contributed by atoms with Gasteiger partial charge in [0, 0.05) is 18.7 Å². The van der Waals surface area contributed by atoms with Crippen molar-refractivity contribution >= 4 is 11.5 Å². The summed E-state index contributed by atoms with van der Waals surface area (Å²) in [4.78, 5) is 14.2. The lowest BCUT2D eigenvalue weighted by Gasteiger charge is -2.30. The van der Waals surface area contributed by atoms with Gasteiger partial charge in [0.25, 0.3) is 5.69 Å². The van der Waals surface area contributed by atoms with Gasteiger partial charge in [-0.2, -0.15) is 5.26 Å². The van der Waals surface area contributed by atoms with Gasteiger partial charge in [-0.05, 0) is 18.8 Å². The predicted octanol–water partition coefficient (Wildman–Crippen LogP) is 2.18. The Balaban J connectivity index is 2.17. The summed E-state index contributed by atoms with van der Waals surface area (Å²) in [7, 11) is 0. The van der Waals surface area contributed by atoms with Crippen molar-refractivity contribution in [2.75, 3.05) is 11.9 Å². The molecule has 7 heteroatoms. The molecule has 0 radical (unpaired) electrons. The number of nitrogens with zero attached hydrogens (tertiary/aromatic N) is 3. The third kappa shape index (κ3) is 3.67. The molecular formula is C14H19N5O2. The minimum absolute atomic E-state index is 0.0476. The molecular weight excluding hydrogens is 270 g/mol. The fourth-order valence-electron chi connectivity index (χ4n) is 2.84. The van der Waals surface area contributed by atoms with E-state index in [1.54, 1.807) is 0 Å². The summed E-state index contributed by atoms with van der Waals surface area (Å²) in [6, 6.07) is 3.24. The molecule has 1 aromatic rings. The number of rotatable bonds is 5. The van der Waals surface area contributed by atoms with E-state index in [4.69, 9.17) is 11.0 Å². The molecule has 7 nitrogen and oxygen atoms in total. The fraction of sp³-hybridized carbons (Fsp3) is 0.571. The van der Waals surface area contributed by atoms with E-state index >= 15 is 0 Å². The average molecular weight is 289 g/mol. The normalized spacial score (nSPS) is 17.0. The molecule has 0 spiro atoms. The van der Waals surface area contributed by atoms with Crippen LogP contribution in [0.2, 0.25) is 0 Å². The topological polar surface area (TPSA) is 118 Å². The van der Waals surface area contributed by atoms with E-state index in [9.17, 15) is 10.1 Å². The summed E-state index contributed by atoms with van der Waals surface area (Å²) >= 11 is 0. The second-order valence-corrected chi connectivity index (χ2v) is 5.34. The number of hydrogen-bond donors (Lipinski definition) is 2. The first-order valence-electron chi connectivity index (χ1n) is 7.17. The first-order valence-corrected chi connectivity index (χ1v) is 7.17. The minimum Gasteiger partial charge on any atom is -0.365 e. The van der Waals surface area contributed by atoms with Crippen LogP contribution in [0.15, 0.2) is 12.3 Å². The van der Waals surface area contributed by atoms with Gasteiger partial charge in [-0.1, -0.05) is 19.3 Å². The van der Waals surface area contributed by atoms with Crippen molar-refractivity contribution in [2.24, 2.45) is 11.7 Å². The Hall–Kier alpha value is -2.20. The highest BCUT2D eigenvalue weighted by Crippen LogP contribution is 2.28. The van der Waals surface area contributed by atoms with Gasteiger partial charge in [-0.3, -0.25) is 10.1 Å². The van der Waals surface area contributed by atoms with Gasteiger partial charge in [0.2, 0.25) is 0 Å². The van der Waals surface area contributed by atoms with Gasteiger partial charge in [-0.25, -0.2) is 4.98 Å². The maximum absolute atomic E-state index is 10.7. The molecule has 0 saturated heterocycles. The van der Waals surface area contributed by atoms with Crippen molar-refractivity contribution in [3.05, 3.63) is 27.9 Å². The monoisotopic (exact) mass is 289 g/mol. The van der Waals surface area contributed by atoms with Crippen LogP contribution in [0.25, 0.3) is 0 Å². The van der Waals surface area contributed by atoms with Crippen molar-refractivity contribution in [2.45, 2.75) is 38.1 Å². The summed E-state index contributed by atoms with van der Waals surface area (Å²) in [6.45, 7) is 0.453. The van der Waals surface area contributed by atoms with Crippen LogP contribution >= 0.6 is 0 Å². The van der Waals surface area contributed by atoms with Crippen LogP contribution in [-0.2, 0) is 0 Å². The molecule has 1 aliphatic rings. The van der Waals surface area contributed by atoms with E-state index in [0.29, 0.717) is 18.3 Å². The molecule has 1 aliphatic carbocycles. The highest BCUT2D eigenvalue weighted by molar-refractivity contribution is 5.56. The van der Waals surface area contributed by atoms with E-state index in [0.717, 1.165) is 19.0 Å². The molecule has 1 atom stereocenters. The van der Waals surface area contributed by atoms with Gasteiger partial charge < -0.3 is 11.1 Å². The Morgan fingerprint density at radius 2 is 2.24 bits per heavy atom. The number of pyridine rings is 1. The summed E-state index contributed by atoms with van der Waals surface area (Å²) in [5.41, 5.74) is 5.84. The Morgan fingerprint density at radius 3 is 2.81 bits per heavy atom. The van der Waals surface area contributed by atoms with E-state index in [1.807, 2.05) is 6.07 Å². The summed E-state index contributed by atoms with van der Waals surface area (Å²) < 4.78 is 0. The second kappa shape index (κ2) is 6.99. The van der Waals surface area contributed by atoms with Gasteiger partial charge in [-0.15, -0.1) is 0 Å². The number of nitriles is 1. The van der Waals surface area contributed by atoms with Crippen LogP contribution in [0.1, 0.15) is 37.7 Å². The van der Waals surface area contributed by atoms with E-state index < -0.39 is 4.92 Å². The van der Waals surface area contributed by atoms with Gasteiger partial charge in [0.05, 0.1) is 4.92 Å². The van der Waals surface area contributed by atoms with Crippen LogP contribution in [0.3, 0.4) is 0 Å². The van der Waals surface area contributed by atoms with Gasteiger partial charge in [0.1, 0.15) is 23.6 Å². The first kappa shape index (κ1) is 15.2. The zero-order valence-corrected chi connectivity index (χ0v) is 11.8. The lowest BCUT2D eigenvalue weighted by atomic mass is 9.84. The summed E-state index contributed by atoms with van der Waals surface area (Å²) in [6.07, 6.45) is 7.04. The molecule has 3 N–H and O–H groups in total. The zero-order chi connectivity index (χ0) is 15.2. The largest absolute Gasteiger partial charge is 0.365 e. The highest BCUT2D eigenvalue weighted by Gasteiger charge is 2.24. The molecule has 1 heterocycles. The summed E-state index contributed by atoms with van der Waals surface area (Å²) in [5.74, 6) is 0.844. The van der Waals surface area contributed by atoms with Crippen LogP contribution in [0.4, 0.5) is 11.5 Å². The van der Waals surface area contributed by atoms with E-state index in [1.165, 1.54) is 25.3 Å². The van der Waals surface area contributed by atoms with Crippen LogP contribution < -0.4 is 11.1 Å². The van der Waals surface area contributed by atoms with Gasteiger partial charge in [0.15, 0.2) is 0 Å². The number of nitrogens with two attached hydrogens (primary N) is 1. The SMILES string of the molecule is N#Cc1cc([N+](=O)[O-])cnc1NC(CN)C1CCCCC1. The van der Waals surface area contributed by atoms with Crippen LogP contribution in [-0.4, -0.2) is 22.5 Å². The third-order valence-electron chi connectivity index (χ3n) is 4.00. The number of anilines is 1. The Labute approximate surface area is 123 Å². The van der Waals surface area contributed by atoms with Crippen LogP contribution in [0.5, 0.6) is 0 Å². The molecule has 0 amide bonds. The van der Waals surface area contributed by atoms with Crippen molar-refractivity contribution in [3.63, 3.8) is 0 Å². The number of nitrogens with one attached hydrogen (secondary N) is 1. The standard InChI is InChI=1S/C14H19N5O2/c15-7-11-6-12(19(20)21)9-17-14(11)18-13(8-16)10-4-2-1-3-5-10/h6,9-10,13H,1-5,8,16H2,(H,17,18). The first-order chi connectivity index (χ1) is 10.2. The number of nitro groups is 1. The summed E-state index contributed by atoms with van der Waals surface area (Å²) in [5, 5.41) is 23.1. The van der Waals surface area contributed by atoms with Crippen molar-refractivity contribution < 1.29 is 4.92 Å². The zero-order valence-electron chi connectivity index (χ0n) is 11.8. The van der Waals surface area contributed by atoms with Crippen molar-refractivity contribution in [1.82, 2.24) is 4.98 Å². The second-order valence-electron chi connectivity index (χ2n) is 5.34. The van der Waals surface area contributed by atoms with Crippen molar-refractivity contribution in [3.8, 4) is 6.07 Å². The number of aromatic nitrogens is 1. The molecule has 0 bridgehead atoms. The molecule has 1 aromatic heterocycles. The number of hydrogen-bond acceptors (Lipinski definition) is 6. The third-order valence-corrected chi connectivity index (χ3v) is 4.00. The molecule has 21 heavy (non-hydrogen) atoms. The molecule has 1 fully saturated rings. The molecule has 0 aromatic carbocycles.